The van der Waals surface area contributed by atoms with Gasteiger partial charge in [0.05, 0.1) is 0 Å². The number of halogens is 1. The molecule has 0 saturated carbocycles. The van der Waals surface area contributed by atoms with Gasteiger partial charge in [-0.15, -0.1) is 0 Å². The van der Waals surface area contributed by atoms with Gasteiger partial charge in [0.1, 0.15) is 4.99 Å². The van der Waals surface area contributed by atoms with Gasteiger partial charge in [-0.1, -0.05) is 76.7 Å². The summed E-state index contributed by atoms with van der Waals surface area (Å²) in [6, 6.07) is 16.5. The van der Waals surface area contributed by atoms with Crippen LogP contribution in [0.15, 0.2) is 48.5 Å². The molecule has 2 aromatic carbocycles. The molecule has 2 aromatic rings. The maximum absolute atomic E-state index is 5.75. The van der Waals surface area contributed by atoms with E-state index in [-0.39, 0.29) is 0 Å². The van der Waals surface area contributed by atoms with E-state index >= 15 is 0 Å². The first kappa shape index (κ1) is 13.2. The summed E-state index contributed by atoms with van der Waals surface area (Å²) in [4.78, 5) is 0.440. The lowest BCUT2D eigenvalue weighted by Gasteiger charge is -2.09. The summed E-state index contributed by atoms with van der Waals surface area (Å²) < 4.78 is 0. The van der Waals surface area contributed by atoms with E-state index in [9.17, 15) is 0 Å². The zero-order chi connectivity index (χ0) is 13.0. The standard InChI is InChI=1S/C15H14BrNS/c16-10-9-11-5-7-12(8-6-11)13-3-1-2-4-14(13)15(17)18/h1-8H,9-10H2,(H2,17,18). The summed E-state index contributed by atoms with van der Waals surface area (Å²) in [5.74, 6) is 0. The Morgan fingerprint density at radius 1 is 1.06 bits per heavy atom. The van der Waals surface area contributed by atoms with Gasteiger partial charge < -0.3 is 5.73 Å². The van der Waals surface area contributed by atoms with Crippen molar-refractivity contribution >= 4 is 33.1 Å². The molecule has 0 aliphatic carbocycles. The third-order valence-corrected chi connectivity index (χ3v) is 3.46. The third-order valence-electron chi connectivity index (χ3n) is 2.84. The van der Waals surface area contributed by atoms with Crippen LogP contribution in [0.25, 0.3) is 11.1 Å². The van der Waals surface area contributed by atoms with Gasteiger partial charge in [-0.2, -0.15) is 0 Å². The molecule has 0 saturated heterocycles. The highest BCUT2D eigenvalue weighted by atomic mass is 79.9. The molecule has 92 valence electrons. The van der Waals surface area contributed by atoms with Crippen LogP contribution in [0.1, 0.15) is 11.1 Å². The van der Waals surface area contributed by atoms with Gasteiger partial charge in [-0.05, 0) is 23.1 Å². The maximum Gasteiger partial charge on any atom is 0.104 e. The quantitative estimate of drug-likeness (QED) is 0.682. The van der Waals surface area contributed by atoms with Crippen molar-refractivity contribution in [2.24, 2.45) is 5.73 Å². The van der Waals surface area contributed by atoms with Crippen molar-refractivity contribution in [2.75, 3.05) is 5.33 Å². The summed E-state index contributed by atoms with van der Waals surface area (Å²) >= 11 is 8.54. The molecule has 3 heteroatoms. The largest absolute Gasteiger partial charge is 0.389 e. The average Bonchev–Trinajstić information content (AvgIpc) is 2.40. The zero-order valence-electron chi connectivity index (χ0n) is 9.90. The van der Waals surface area contributed by atoms with Gasteiger partial charge in [-0.3, -0.25) is 0 Å². The molecule has 0 heterocycles. The molecule has 2 rings (SSSR count). The van der Waals surface area contributed by atoms with Crippen LogP contribution in [-0.2, 0) is 6.42 Å². The fourth-order valence-corrected chi connectivity index (χ4v) is 2.55. The molecule has 0 spiro atoms. The number of benzene rings is 2. The Bertz CT molecular complexity index is 549. The number of aryl methyl sites for hydroxylation is 1. The molecule has 0 unspecified atom stereocenters. The normalized spacial score (nSPS) is 10.3. The second-order valence-electron chi connectivity index (χ2n) is 4.05. The minimum atomic E-state index is 0.440. The van der Waals surface area contributed by atoms with Crippen molar-refractivity contribution in [3.63, 3.8) is 0 Å². The number of hydrogen-bond acceptors (Lipinski definition) is 1. The van der Waals surface area contributed by atoms with Gasteiger partial charge in [0.2, 0.25) is 0 Å². The van der Waals surface area contributed by atoms with E-state index in [4.69, 9.17) is 18.0 Å². The maximum atomic E-state index is 5.75. The predicted octanol–water partition coefficient (Wildman–Crippen LogP) is 3.93. The second-order valence-corrected chi connectivity index (χ2v) is 5.28. The van der Waals surface area contributed by atoms with Crippen molar-refractivity contribution in [3.05, 3.63) is 59.7 Å². The third kappa shape index (κ3) is 2.98. The van der Waals surface area contributed by atoms with E-state index in [0.717, 1.165) is 28.4 Å². The van der Waals surface area contributed by atoms with Crippen molar-refractivity contribution < 1.29 is 0 Å². The number of hydrogen-bond donors (Lipinski definition) is 1. The minimum absolute atomic E-state index is 0.440. The van der Waals surface area contributed by atoms with Gasteiger partial charge in [0.25, 0.3) is 0 Å². The van der Waals surface area contributed by atoms with Crippen LogP contribution < -0.4 is 5.73 Å². The molecule has 0 radical (unpaired) electrons. The van der Waals surface area contributed by atoms with Crippen LogP contribution in [0.4, 0.5) is 0 Å². The van der Waals surface area contributed by atoms with Crippen molar-refractivity contribution in [2.45, 2.75) is 6.42 Å². The lowest BCUT2D eigenvalue weighted by molar-refractivity contribution is 1.17. The number of nitrogens with two attached hydrogens (primary N) is 1. The number of alkyl halides is 1. The van der Waals surface area contributed by atoms with E-state index in [1.165, 1.54) is 5.56 Å². The fourth-order valence-electron chi connectivity index (χ4n) is 1.91. The highest BCUT2D eigenvalue weighted by Crippen LogP contribution is 2.24. The van der Waals surface area contributed by atoms with E-state index < -0.39 is 0 Å². The summed E-state index contributed by atoms with van der Waals surface area (Å²) in [6.07, 6.45) is 1.04. The molecular formula is C15H14BrNS. The van der Waals surface area contributed by atoms with Gasteiger partial charge >= 0.3 is 0 Å². The topological polar surface area (TPSA) is 26.0 Å². The van der Waals surface area contributed by atoms with E-state index in [0.29, 0.717) is 4.99 Å². The highest BCUT2D eigenvalue weighted by Gasteiger charge is 2.06. The van der Waals surface area contributed by atoms with Crippen LogP contribution in [0.2, 0.25) is 0 Å². The summed E-state index contributed by atoms with van der Waals surface area (Å²) in [5.41, 5.74) is 10.3. The van der Waals surface area contributed by atoms with Crippen LogP contribution in [-0.4, -0.2) is 10.3 Å². The summed E-state index contributed by atoms with van der Waals surface area (Å²) in [7, 11) is 0. The molecule has 0 aliphatic rings. The van der Waals surface area contributed by atoms with Crippen molar-refractivity contribution in [1.82, 2.24) is 0 Å². The van der Waals surface area contributed by atoms with Crippen molar-refractivity contribution in [1.29, 1.82) is 0 Å². The first-order valence-electron chi connectivity index (χ1n) is 5.76. The van der Waals surface area contributed by atoms with Crippen LogP contribution >= 0.6 is 28.1 Å². The van der Waals surface area contributed by atoms with Crippen LogP contribution in [0.3, 0.4) is 0 Å². The summed E-state index contributed by atoms with van der Waals surface area (Å²) in [6.45, 7) is 0. The van der Waals surface area contributed by atoms with Gasteiger partial charge in [0, 0.05) is 10.9 Å². The Labute approximate surface area is 121 Å². The van der Waals surface area contributed by atoms with Gasteiger partial charge in [0.15, 0.2) is 0 Å². The minimum Gasteiger partial charge on any atom is -0.389 e. The molecule has 0 amide bonds. The number of thiocarbonyl (C=S) groups is 1. The Morgan fingerprint density at radius 2 is 1.72 bits per heavy atom. The van der Waals surface area contributed by atoms with Crippen molar-refractivity contribution in [3.8, 4) is 11.1 Å². The van der Waals surface area contributed by atoms with Crippen LogP contribution in [0, 0.1) is 0 Å². The SMILES string of the molecule is NC(=S)c1ccccc1-c1ccc(CCBr)cc1. The molecular weight excluding hydrogens is 306 g/mol. The number of rotatable bonds is 4. The lowest BCUT2D eigenvalue weighted by Crippen LogP contribution is -2.10. The molecule has 0 fully saturated rings. The molecule has 0 bridgehead atoms. The summed E-state index contributed by atoms with van der Waals surface area (Å²) in [5, 5.41) is 0.982. The Balaban J connectivity index is 2.39. The van der Waals surface area contributed by atoms with E-state index in [2.05, 4.69) is 40.2 Å². The molecule has 0 aromatic heterocycles. The predicted molar refractivity (Wildman–Crippen MR) is 85.3 cm³/mol. The second kappa shape index (κ2) is 6.12. The Hall–Kier alpha value is -1.19. The van der Waals surface area contributed by atoms with E-state index in [1.54, 1.807) is 0 Å². The van der Waals surface area contributed by atoms with E-state index in [1.807, 2.05) is 24.3 Å². The monoisotopic (exact) mass is 319 g/mol. The highest BCUT2D eigenvalue weighted by molar-refractivity contribution is 9.09. The molecule has 0 atom stereocenters. The average molecular weight is 320 g/mol. The lowest BCUT2D eigenvalue weighted by atomic mass is 9.98. The van der Waals surface area contributed by atoms with Gasteiger partial charge in [-0.25, -0.2) is 0 Å². The fraction of sp³-hybridized carbons (Fsp3) is 0.133. The molecule has 1 nitrogen and oxygen atoms in total. The zero-order valence-corrected chi connectivity index (χ0v) is 12.3. The molecule has 0 aliphatic heterocycles. The Morgan fingerprint density at radius 3 is 2.33 bits per heavy atom. The first-order valence-corrected chi connectivity index (χ1v) is 7.29. The molecule has 2 N–H and O–H groups in total. The smallest absolute Gasteiger partial charge is 0.104 e. The molecule has 18 heavy (non-hydrogen) atoms. The first-order chi connectivity index (χ1) is 8.72. The Kier molecular flexibility index (Phi) is 4.50. The van der Waals surface area contributed by atoms with Crippen LogP contribution in [0.5, 0.6) is 0 Å².